The molecule has 0 saturated heterocycles. The molecule has 0 unspecified atom stereocenters. The molecule has 2 aromatic carbocycles. The molecule has 0 aliphatic heterocycles. The fourth-order valence-corrected chi connectivity index (χ4v) is 3.03. The first-order chi connectivity index (χ1) is 9.05. The second kappa shape index (κ2) is 5.42. The first-order valence-electron chi connectivity index (χ1n) is 5.88. The lowest BCUT2D eigenvalue weighted by molar-refractivity contribution is 0.594. The van der Waals surface area contributed by atoms with Crippen LogP contribution in [0.15, 0.2) is 59.5 Å². The van der Waals surface area contributed by atoms with E-state index >= 15 is 0 Å². The van der Waals surface area contributed by atoms with Gasteiger partial charge in [-0.15, -0.1) is 0 Å². The van der Waals surface area contributed by atoms with Crippen LogP contribution in [0.25, 0.3) is 0 Å². The third-order valence-electron chi connectivity index (χ3n) is 2.91. The van der Waals surface area contributed by atoms with Crippen molar-refractivity contribution in [2.24, 2.45) is 5.73 Å². The zero-order valence-electron chi connectivity index (χ0n) is 10.7. The lowest BCUT2D eigenvalue weighted by Crippen LogP contribution is -2.26. The molecule has 100 valence electrons. The van der Waals surface area contributed by atoms with Crippen LogP contribution in [0.4, 0.5) is 5.69 Å². The highest BCUT2D eigenvalue weighted by Gasteiger charge is 2.21. The number of anilines is 1. The minimum atomic E-state index is -3.55. The van der Waals surface area contributed by atoms with Gasteiger partial charge in [-0.05, 0) is 29.8 Å². The molecule has 5 heteroatoms. The third kappa shape index (κ3) is 2.77. The van der Waals surface area contributed by atoms with Crippen molar-refractivity contribution in [1.82, 2.24) is 0 Å². The maximum atomic E-state index is 12.5. The van der Waals surface area contributed by atoms with Crippen LogP contribution in [0.3, 0.4) is 0 Å². The van der Waals surface area contributed by atoms with E-state index in [2.05, 4.69) is 0 Å². The third-order valence-corrected chi connectivity index (χ3v) is 4.69. The van der Waals surface area contributed by atoms with Gasteiger partial charge in [0.15, 0.2) is 0 Å². The lowest BCUT2D eigenvalue weighted by atomic mass is 10.2. The van der Waals surface area contributed by atoms with E-state index in [4.69, 9.17) is 5.73 Å². The minimum absolute atomic E-state index is 0.252. The van der Waals surface area contributed by atoms with Gasteiger partial charge in [-0.2, -0.15) is 0 Å². The maximum Gasteiger partial charge on any atom is 0.264 e. The highest BCUT2D eigenvalue weighted by atomic mass is 32.2. The van der Waals surface area contributed by atoms with E-state index < -0.39 is 10.0 Å². The molecule has 0 aliphatic rings. The average Bonchev–Trinajstić information content (AvgIpc) is 2.47. The molecule has 0 aromatic heterocycles. The lowest BCUT2D eigenvalue weighted by Gasteiger charge is -2.19. The van der Waals surface area contributed by atoms with Gasteiger partial charge in [-0.3, -0.25) is 4.31 Å². The van der Waals surface area contributed by atoms with Crippen molar-refractivity contribution in [3.05, 3.63) is 60.2 Å². The molecule has 0 aliphatic carbocycles. The summed E-state index contributed by atoms with van der Waals surface area (Å²) in [6, 6.07) is 15.7. The molecule has 0 bridgehead atoms. The van der Waals surface area contributed by atoms with E-state index in [0.29, 0.717) is 12.2 Å². The van der Waals surface area contributed by atoms with Gasteiger partial charge >= 0.3 is 0 Å². The van der Waals surface area contributed by atoms with E-state index in [0.717, 1.165) is 5.56 Å². The van der Waals surface area contributed by atoms with Crippen LogP contribution in [0.5, 0.6) is 0 Å². The second-order valence-corrected chi connectivity index (χ2v) is 6.13. The molecule has 2 N–H and O–H groups in total. The number of para-hydroxylation sites is 1. The number of nitrogens with zero attached hydrogens (tertiary/aromatic N) is 1. The molecule has 2 aromatic rings. The zero-order valence-corrected chi connectivity index (χ0v) is 11.5. The van der Waals surface area contributed by atoms with Gasteiger partial charge in [0.1, 0.15) is 0 Å². The Balaban J connectivity index is 2.42. The smallest absolute Gasteiger partial charge is 0.264 e. The molecule has 0 saturated carbocycles. The van der Waals surface area contributed by atoms with E-state index in [1.165, 1.54) is 4.31 Å². The predicted molar refractivity (Wildman–Crippen MR) is 76.4 cm³/mol. The van der Waals surface area contributed by atoms with E-state index in [9.17, 15) is 8.42 Å². The molecule has 0 amide bonds. The van der Waals surface area contributed by atoms with Crippen LogP contribution >= 0.6 is 0 Å². The largest absolute Gasteiger partial charge is 0.326 e. The molecule has 0 radical (unpaired) electrons. The Morgan fingerprint density at radius 3 is 2.37 bits per heavy atom. The SMILES string of the molecule is CN(c1ccccc1)S(=O)(=O)c1cccc(CN)c1. The van der Waals surface area contributed by atoms with E-state index in [-0.39, 0.29) is 4.90 Å². The Kier molecular flexibility index (Phi) is 3.87. The van der Waals surface area contributed by atoms with Crippen LogP contribution in [-0.2, 0) is 16.6 Å². The topological polar surface area (TPSA) is 63.4 Å². The van der Waals surface area contributed by atoms with Crippen molar-refractivity contribution in [3.63, 3.8) is 0 Å². The van der Waals surface area contributed by atoms with Crippen molar-refractivity contribution in [2.45, 2.75) is 11.4 Å². The summed E-state index contributed by atoms with van der Waals surface area (Å²) in [7, 11) is -2.01. The monoisotopic (exact) mass is 276 g/mol. The van der Waals surface area contributed by atoms with Gasteiger partial charge in [0.05, 0.1) is 10.6 Å². The molecule has 0 fully saturated rings. The molecule has 19 heavy (non-hydrogen) atoms. The summed E-state index contributed by atoms with van der Waals surface area (Å²) in [6.07, 6.45) is 0. The number of hydrogen-bond donors (Lipinski definition) is 1. The van der Waals surface area contributed by atoms with E-state index in [1.807, 2.05) is 12.1 Å². The summed E-state index contributed by atoms with van der Waals surface area (Å²) in [5, 5.41) is 0. The second-order valence-electron chi connectivity index (χ2n) is 4.16. The predicted octanol–water partition coefficient (Wildman–Crippen LogP) is 1.97. The molecule has 0 atom stereocenters. The van der Waals surface area contributed by atoms with Gasteiger partial charge < -0.3 is 5.73 Å². The number of hydrogen-bond acceptors (Lipinski definition) is 3. The van der Waals surface area contributed by atoms with Crippen molar-refractivity contribution in [3.8, 4) is 0 Å². The van der Waals surface area contributed by atoms with Crippen LogP contribution in [-0.4, -0.2) is 15.5 Å². The van der Waals surface area contributed by atoms with Gasteiger partial charge in [0.25, 0.3) is 10.0 Å². The summed E-state index contributed by atoms with van der Waals surface area (Å²) in [5.74, 6) is 0. The van der Waals surface area contributed by atoms with Crippen LogP contribution in [0, 0.1) is 0 Å². The average molecular weight is 276 g/mol. The number of benzene rings is 2. The number of sulfonamides is 1. The van der Waals surface area contributed by atoms with Crippen LogP contribution in [0.1, 0.15) is 5.56 Å². The minimum Gasteiger partial charge on any atom is -0.326 e. The summed E-state index contributed by atoms with van der Waals surface area (Å²) in [4.78, 5) is 0.252. The first-order valence-corrected chi connectivity index (χ1v) is 7.32. The van der Waals surface area contributed by atoms with Crippen molar-refractivity contribution < 1.29 is 8.42 Å². The summed E-state index contributed by atoms with van der Waals surface area (Å²) in [6.45, 7) is 0.318. The molecule has 2 rings (SSSR count). The molecular weight excluding hydrogens is 260 g/mol. The Morgan fingerprint density at radius 2 is 1.74 bits per heavy atom. The normalized spacial score (nSPS) is 11.3. The first kappa shape index (κ1) is 13.6. The Hall–Kier alpha value is -1.85. The van der Waals surface area contributed by atoms with Crippen molar-refractivity contribution in [2.75, 3.05) is 11.4 Å². The highest BCUT2D eigenvalue weighted by Crippen LogP contribution is 2.22. The number of rotatable bonds is 4. The maximum absolute atomic E-state index is 12.5. The Labute approximate surface area is 113 Å². The number of nitrogens with two attached hydrogens (primary N) is 1. The summed E-state index contributed by atoms with van der Waals surface area (Å²) >= 11 is 0. The Morgan fingerprint density at radius 1 is 1.05 bits per heavy atom. The van der Waals surface area contributed by atoms with Crippen LogP contribution < -0.4 is 10.0 Å². The zero-order chi connectivity index (χ0) is 13.9. The van der Waals surface area contributed by atoms with Gasteiger partial charge in [-0.25, -0.2) is 8.42 Å². The highest BCUT2D eigenvalue weighted by molar-refractivity contribution is 7.92. The molecule has 0 heterocycles. The van der Waals surface area contributed by atoms with Crippen molar-refractivity contribution in [1.29, 1.82) is 0 Å². The fourth-order valence-electron chi connectivity index (χ4n) is 1.77. The van der Waals surface area contributed by atoms with E-state index in [1.54, 1.807) is 49.5 Å². The fraction of sp³-hybridized carbons (Fsp3) is 0.143. The van der Waals surface area contributed by atoms with Gasteiger partial charge in [0, 0.05) is 13.6 Å². The standard InChI is InChI=1S/C14H16N2O2S/c1-16(13-7-3-2-4-8-13)19(17,18)14-9-5-6-12(10-14)11-15/h2-10H,11,15H2,1H3. The van der Waals surface area contributed by atoms with Crippen LogP contribution in [0.2, 0.25) is 0 Å². The quantitative estimate of drug-likeness (QED) is 0.928. The molecular formula is C14H16N2O2S. The van der Waals surface area contributed by atoms with Gasteiger partial charge in [-0.1, -0.05) is 30.3 Å². The van der Waals surface area contributed by atoms with Crippen molar-refractivity contribution >= 4 is 15.7 Å². The van der Waals surface area contributed by atoms with Gasteiger partial charge in [0.2, 0.25) is 0 Å². The summed E-state index contributed by atoms with van der Waals surface area (Å²) in [5.41, 5.74) is 6.96. The Bertz CT molecular complexity index is 654. The molecule has 4 nitrogen and oxygen atoms in total. The summed E-state index contributed by atoms with van der Waals surface area (Å²) < 4.78 is 26.2. The molecule has 0 spiro atoms.